The van der Waals surface area contributed by atoms with Crippen molar-refractivity contribution in [1.29, 1.82) is 0 Å². The molecule has 0 aromatic rings. The van der Waals surface area contributed by atoms with Crippen molar-refractivity contribution in [2.45, 2.75) is 26.2 Å². The van der Waals surface area contributed by atoms with Crippen molar-refractivity contribution in [2.75, 3.05) is 13.1 Å². The molecule has 6 heteroatoms. The molecule has 4 nitrogen and oxygen atoms in total. The molecule has 1 rings (SSSR count). The molecule has 0 spiro atoms. The minimum atomic E-state index is -1.99. The van der Waals surface area contributed by atoms with Gasteiger partial charge >= 0.3 is 29.6 Å². The number of rotatable bonds is 2. The summed E-state index contributed by atoms with van der Waals surface area (Å²) in [5.41, 5.74) is 0. The minimum absolute atomic E-state index is 0. The van der Waals surface area contributed by atoms with E-state index in [1.807, 2.05) is 0 Å². The van der Waals surface area contributed by atoms with Crippen LogP contribution in [0.4, 0.5) is 0 Å². The van der Waals surface area contributed by atoms with E-state index in [2.05, 4.69) is 6.92 Å². The van der Waals surface area contributed by atoms with Crippen LogP contribution in [0.5, 0.6) is 0 Å². The maximum absolute atomic E-state index is 10.5. The van der Waals surface area contributed by atoms with Crippen molar-refractivity contribution in [1.82, 2.24) is 4.31 Å². The van der Waals surface area contributed by atoms with Gasteiger partial charge in [-0.1, -0.05) is 13.3 Å². The Morgan fingerprint density at radius 2 is 1.77 bits per heavy atom. The van der Waals surface area contributed by atoms with Gasteiger partial charge in [-0.2, -0.15) is 0 Å². The largest absolute Gasteiger partial charge is 1.00 e. The quantitative estimate of drug-likeness (QED) is 0.402. The zero-order chi connectivity index (χ0) is 8.27. The Labute approximate surface area is 103 Å². The summed E-state index contributed by atoms with van der Waals surface area (Å²) in [6, 6.07) is 0. The van der Waals surface area contributed by atoms with Crippen molar-refractivity contribution in [2.24, 2.45) is 5.92 Å². The first-order valence-electron chi connectivity index (χ1n) is 4.08. The van der Waals surface area contributed by atoms with Gasteiger partial charge in [-0.05, 0) is 42.7 Å². The molecule has 1 N–H and O–H groups in total. The molecular weight excluding hydrogens is 201 g/mol. The van der Waals surface area contributed by atoms with E-state index in [0.29, 0.717) is 13.1 Å². The fourth-order valence-electron chi connectivity index (χ4n) is 1.47. The van der Waals surface area contributed by atoms with E-state index in [9.17, 15) is 8.42 Å². The third-order valence-electron chi connectivity index (χ3n) is 2.36. The molecule has 0 radical (unpaired) electrons. The van der Waals surface area contributed by atoms with Gasteiger partial charge in [0.2, 0.25) is 0 Å². The predicted molar refractivity (Wildman–Crippen MR) is 45.3 cm³/mol. The predicted octanol–water partition coefficient (Wildman–Crippen LogP) is -1.84. The molecule has 1 saturated heterocycles. The van der Waals surface area contributed by atoms with Gasteiger partial charge in [-0.15, -0.1) is 0 Å². The van der Waals surface area contributed by atoms with Crippen LogP contribution in [0.3, 0.4) is 0 Å². The van der Waals surface area contributed by atoms with Crippen LogP contribution in [0.25, 0.3) is 0 Å². The normalized spacial score (nSPS) is 19.2. The van der Waals surface area contributed by atoms with Gasteiger partial charge in [0.15, 0.2) is 0 Å². The number of hydrogen-bond acceptors (Lipinski definition) is 4. The van der Waals surface area contributed by atoms with E-state index in [-0.39, 0.29) is 35.0 Å². The van der Waals surface area contributed by atoms with Gasteiger partial charge in [-0.3, -0.25) is 0 Å². The van der Waals surface area contributed by atoms with Crippen molar-refractivity contribution >= 4 is 10.9 Å². The van der Waals surface area contributed by atoms with E-state index in [0.717, 1.165) is 18.8 Å². The zero-order valence-corrected chi connectivity index (χ0v) is 11.0. The summed E-state index contributed by atoms with van der Waals surface area (Å²) < 4.78 is 22.5. The molecular formula is C7H15NNaO3S-. The average Bonchev–Trinajstić information content (AvgIpc) is 2.05. The molecule has 0 saturated carbocycles. The summed E-state index contributed by atoms with van der Waals surface area (Å²) in [5.74, 6) is 0.745. The first kappa shape index (κ1) is 16.3. The summed E-state index contributed by atoms with van der Waals surface area (Å²) in [7, 11) is -1.99. The number of piperidine rings is 1. The maximum Gasteiger partial charge on any atom is 1.00 e. The van der Waals surface area contributed by atoms with Crippen LogP contribution in [0.2, 0.25) is 0 Å². The fourth-order valence-corrected chi connectivity index (χ4v) is 1.98. The molecule has 1 aliphatic heterocycles. The first-order chi connectivity index (χ1) is 5.24. The molecule has 0 aliphatic carbocycles. The Kier molecular flexibility index (Phi) is 10.3. The molecule has 0 amide bonds. The standard InChI is InChI=1S/C7H14NO2S.Na.H2O/c1-2-7-3-5-8(6-4-7)11(9)10;;/h7H,2-6H2,1H3;;1H2/q-1;+1;/p-1. The molecule has 0 bridgehead atoms. The van der Waals surface area contributed by atoms with Crippen LogP contribution in [0, 0.1) is 5.92 Å². The third-order valence-corrected chi connectivity index (χ3v) is 3.15. The van der Waals surface area contributed by atoms with Crippen LogP contribution in [0.15, 0.2) is 0 Å². The Balaban J connectivity index is 0. The van der Waals surface area contributed by atoms with E-state index in [4.69, 9.17) is 0 Å². The molecule has 0 aromatic carbocycles. The van der Waals surface area contributed by atoms with Crippen LogP contribution in [-0.2, 0) is 19.3 Å². The van der Waals surface area contributed by atoms with Crippen LogP contribution >= 0.6 is 0 Å². The molecule has 1 fully saturated rings. The maximum atomic E-state index is 10.5. The first-order valence-corrected chi connectivity index (χ1v) is 5.11. The molecule has 0 unspecified atom stereocenters. The Hall–Kier alpha value is 0.870. The van der Waals surface area contributed by atoms with Crippen molar-refractivity contribution in [3.05, 3.63) is 0 Å². The SMILES string of the molecule is CCC1CCN([S-](=O)=O)CC1.[Na+].[OH-]. The molecule has 1 heterocycles. The summed E-state index contributed by atoms with van der Waals surface area (Å²) in [4.78, 5) is 0. The van der Waals surface area contributed by atoms with Crippen molar-refractivity contribution in [3.8, 4) is 0 Å². The second-order valence-electron chi connectivity index (χ2n) is 3.00. The number of hydrogen-bond donors (Lipinski definition) is 0. The van der Waals surface area contributed by atoms with Crippen LogP contribution < -0.4 is 29.6 Å². The smallest absolute Gasteiger partial charge is 0.870 e. The summed E-state index contributed by atoms with van der Waals surface area (Å²) in [5, 5.41) is 0. The van der Waals surface area contributed by atoms with E-state index in [1.165, 1.54) is 10.7 Å². The second-order valence-corrected chi connectivity index (χ2v) is 3.95. The topological polar surface area (TPSA) is 67.4 Å². The molecule has 74 valence electrons. The van der Waals surface area contributed by atoms with Gasteiger partial charge in [0, 0.05) is 0 Å². The third kappa shape index (κ3) is 5.34. The second kappa shape index (κ2) is 8.20. The van der Waals surface area contributed by atoms with Gasteiger partial charge < -0.3 is 18.2 Å². The monoisotopic (exact) mass is 216 g/mol. The van der Waals surface area contributed by atoms with Gasteiger partial charge in [0.1, 0.15) is 0 Å². The van der Waals surface area contributed by atoms with Crippen LogP contribution in [-0.4, -0.2) is 22.9 Å². The average molecular weight is 216 g/mol. The Morgan fingerprint density at radius 3 is 2.08 bits per heavy atom. The van der Waals surface area contributed by atoms with Crippen molar-refractivity contribution in [3.63, 3.8) is 0 Å². The molecule has 0 atom stereocenters. The van der Waals surface area contributed by atoms with E-state index in [1.54, 1.807) is 0 Å². The van der Waals surface area contributed by atoms with E-state index < -0.39 is 10.9 Å². The van der Waals surface area contributed by atoms with Crippen LogP contribution in [0.1, 0.15) is 26.2 Å². The summed E-state index contributed by atoms with van der Waals surface area (Å²) >= 11 is 0. The Bertz CT molecular complexity index is 182. The summed E-state index contributed by atoms with van der Waals surface area (Å²) in [6.45, 7) is 3.59. The fraction of sp³-hybridized carbons (Fsp3) is 1.00. The van der Waals surface area contributed by atoms with Crippen molar-refractivity contribution < 1.29 is 43.5 Å². The molecule has 0 aromatic heterocycles. The van der Waals surface area contributed by atoms with Gasteiger partial charge in [-0.25, -0.2) is 0 Å². The number of nitrogens with zero attached hydrogens (tertiary/aromatic N) is 1. The zero-order valence-electron chi connectivity index (χ0n) is 8.23. The minimum Gasteiger partial charge on any atom is -0.870 e. The van der Waals surface area contributed by atoms with Gasteiger partial charge in [0.25, 0.3) is 0 Å². The van der Waals surface area contributed by atoms with Gasteiger partial charge in [0.05, 0.1) is 0 Å². The van der Waals surface area contributed by atoms with E-state index >= 15 is 0 Å². The molecule has 1 aliphatic rings. The molecule has 13 heavy (non-hydrogen) atoms. The Morgan fingerprint density at radius 1 is 1.31 bits per heavy atom. The summed E-state index contributed by atoms with van der Waals surface area (Å²) in [6.07, 6.45) is 3.24.